The quantitative estimate of drug-likeness (QED) is 0.783. The molecule has 0 aromatic heterocycles. The fraction of sp³-hybridized carbons (Fsp3) is 0.429. The van der Waals surface area contributed by atoms with Crippen LogP contribution in [0, 0.1) is 0 Å². The van der Waals surface area contributed by atoms with Crippen LogP contribution < -0.4 is 5.73 Å². The van der Waals surface area contributed by atoms with Crippen LogP contribution in [0.25, 0.3) is 0 Å². The third-order valence-corrected chi connectivity index (χ3v) is 3.23. The van der Waals surface area contributed by atoms with Crippen molar-refractivity contribution in [2.75, 3.05) is 25.4 Å². The second-order valence-electron chi connectivity index (χ2n) is 4.85. The van der Waals surface area contributed by atoms with E-state index in [1.165, 1.54) is 0 Å². The molecule has 20 heavy (non-hydrogen) atoms. The number of carboxylic acids is 1. The van der Waals surface area contributed by atoms with Gasteiger partial charge in [0.25, 0.3) is 0 Å². The summed E-state index contributed by atoms with van der Waals surface area (Å²) in [4.78, 5) is 24.5. The van der Waals surface area contributed by atoms with E-state index in [9.17, 15) is 9.59 Å². The van der Waals surface area contributed by atoms with Gasteiger partial charge in [0.05, 0.1) is 25.6 Å². The number of rotatable bonds is 4. The number of aliphatic carboxylic acids is 1. The van der Waals surface area contributed by atoms with Crippen molar-refractivity contribution in [1.82, 2.24) is 4.90 Å². The number of carboxylic acid groups (broad SMARTS) is 1. The Morgan fingerprint density at radius 2 is 2.05 bits per heavy atom. The average Bonchev–Trinajstić information content (AvgIpc) is 2.41. The molecule has 1 aromatic rings. The molecule has 0 bridgehead atoms. The van der Waals surface area contributed by atoms with Crippen molar-refractivity contribution in [1.29, 1.82) is 0 Å². The summed E-state index contributed by atoms with van der Waals surface area (Å²) in [5, 5.41) is 8.76. The summed E-state index contributed by atoms with van der Waals surface area (Å²) in [7, 11) is 0. The van der Waals surface area contributed by atoms with E-state index in [-0.39, 0.29) is 12.3 Å². The van der Waals surface area contributed by atoms with Crippen LogP contribution in [0.1, 0.15) is 12.0 Å². The lowest BCUT2D eigenvalue weighted by atomic mass is 10.1. The molecule has 0 radical (unpaired) electrons. The van der Waals surface area contributed by atoms with Gasteiger partial charge in [-0.2, -0.15) is 0 Å². The van der Waals surface area contributed by atoms with Crippen molar-refractivity contribution >= 4 is 17.6 Å². The molecule has 1 unspecified atom stereocenters. The van der Waals surface area contributed by atoms with Gasteiger partial charge in [0.2, 0.25) is 5.91 Å². The van der Waals surface area contributed by atoms with Crippen molar-refractivity contribution < 1.29 is 19.4 Å². The average molecular weight is 278 g/mol. The molecule has 1 saturated heterocycles. The highest BCUT2D eigenvalue weighted by Crippen LogP contribution is 2.12. The molecular formula is C14H18N2O4. The minimum Gasteiger partial charge on any atom is -0.481 e. The van der Waals surface area contributed by atoms with Crippen molar-refractivity contribution in [2.24, 2.45) is 0 Å². The van der Waals surface area contributed by atoms with E-state index >= 15 is 0 Å². The Hall–Kier alpha value is -2.08. The van der Waals surface area contributed by atoms with Crippen molar-refractivity contribution in [3.8, 4) is 0 Å². The highest BCUT2D eigenvalue weighted by atomic mass is 16.5. The largest absolute Gasteiger partial charge is 0.481 e. The number of carbonyl (C=O) groups excluding carboxylic acids is 1. The number of nitrogens with two attached hydrogens (primary N) is 1. The summed E-state index contributed by atoms with van der Waals surface area (Å²) in [6.07, 6.45) is -0.206. The smallest absolute Gasteiger partial charge is 0.306 e. The van der Waals surface area contributed by atoms with Crippen molar-refractivity contribution in [2.45, 2.75) is 18.9 Å². The number of ether oxygens (including phenoxy) is 1. The van der Waals surface area contributed by atoms with Gasteiger partial charge in [-0.1, -0.05) is 12.1 Å². The fourth-order valence-corrected chi connectivity index (χ4v) is 2.19. The first kappa shape index (κ1) is 14.3. The van der Waals surface area contributed by atoms with Gasteiger partial charge in [0.15, 0.2) is 0 Å². The predicted octanol–water partition coefficient (Wildman–Crippen LogP) is 0.513. The maximum Gasteiger partial charge on any atom is 0.306 e. The maximum atomic E-state index is 12.2. The van der Waals surface area contributed by atoms with E-state index in [2.05, 4.69) is 0 Å². The Labute approximate surface area is 117 Å². The number of nitrogens with zero attached hydrogens (tertiary/aromatic N) is 1. The number of hydrogen-bond acceptors (Lipinski definition) is 4. The Morgan fingerprint density at radius 1 is 1.35 bits per heavy atom. The zero-order chi connectivity index (χ0) is 14.5. The van der Waals surface area contributed by atoms with Gasteiger partial charge in [0.1, 0.15) is 0 Å². The van der Waals surface area contributed by atoms with E-state index in [0.717, 1.165) is 5.56 Å². The first-order chi connectivity index (χ1) is 9.54. The van der Waals surface area contributed by atoms with Crippen LogP contribution >= 0.6 is 0 Å². The zero-order valence-corrected chi connectivity index (χ0v) is 11.1. The molecule has 0 spiro atoms. The van der Waals surface area contributed by atoms with Crippen LogP contribution in [0.5, 0.6) is 0 Å². The topological polar surface area (TPSA) is 92.9 Å². The lowest BCUT2D eigenvalue weighted by Gasteiger charge is -2.32. The molecule has 3 N–H and O–H groups in total. The molecule has 1 atom stereocenters. The first-order valence-electron chi connectivity index (χ1n) is 6.50. The Morgan fingerprint density at radius 3 is 2.70 bits per heavy atom. The fourth-order valence-electron chi connectivity index (χ4n) is 2.19. The monoisotopic (exact) mass is 278 g/mol. The Bertz CT molecular complexity index is 486. The van der Waals surface area contributed by atoms with Crippen molar-refractivity contribution in [3.63, 3.8) is 0 Å². The van der Waals surface area contributed by atoms with Crippen LogP contribution in [0.3, 0.4) is 0 Å². The summed E-state index contributed by atoms with van der Waals surface area (Å²) in [5.41, 5.74) is 7.15. The van der Waals surface area contributed by atoms with Crippen LogP contribution in [0.2, 0.25) is 0 Å². The molecule has 1 heterocycles. The third-order valence-electron chi connectivity index (χ3n) is 3.23. The van der Waals surface area contributed by atoms with Crippen LogP contribution in [-0.4, -0.2) is 47.7 Å². The molecule has 1 fully saturated rings. The third kappa shape index (κ3) is 3.96. The van der Waals surface area contributed by atoms with Gasteiger partial charge in [-0.3, -0.25) is 9.59 Å². The molecule has 0 aliphatic carbocycles. The number of morpholine rings is 1. The van der Waals surface area contributed by atoms with Gasteiger partial charge in [-0.05, 0) is 17.7 Å². The van der Waals surface area contributed by atoms with E-state index in [1.54, 1.807) is 17.0 Å². The molecular weight excluding hydrogens is 260 g/mol. The number of benzene rings is 1. The van der Waals surface area contributed by atoms with Crippen LogP contribution in [0.4, 0.5) is 5.69 Å². The summed E-state index contributed by atoms with van der Waals surface area (Å²) in [5.74, 6) is -0.934. The Balaban J connectivity index is 1.91. The standard InChI is InChI=1S/C14H18N2O4/c15-11-3-1-10(2-4-11)7-13(17)16-5-6-20-12(9-16)8-14(18)19/h1-4,12H,5-9,15H2,(H,18,19). The highest BCUT2D eigenvalue weighted by Gasteiger charge is 2.25. The normalized spacial score (nSPS) is 18.8. The molecule has 6 nitrogen and oxygen atoms in total. The van der Waals surface area contributed by atoms with E-state index in [0.29, 0.717) is 31.8 Å². The molecule has 6 heteroatoms. The van der Waals surface area contributed by atoms with E-state index in [1.807, 2.05) is 12.1 Å². The number of nitrogen functional groups attached to an aromatic ring is 1. The van der Waals surface area contributed by atoms with Crippen LogP contribution in [-0.2, 0) is 20.7 Å². The van der Waals surface area contributed by atoms with Gasteiger partial charge in [-0.15, -0.1) is 0 Å². The van der Waals surface area contributed by atoms with Gasteiger partial charge in [0, 0.05) is 18.8 Å². The van der Waals surface area contributed by atoms with Crippen LogP contribution in [0.15, 0.2) is 24.3 Å². The predicted molar refractivity (Wildman–Crippen MR) is 73.1 cm³/mol. The minimum absolute atomic E-state index is 0.0199. The molecule has 1 aliphatic rings. The number of amides is 1. The second-order valence-corrected chi connectivity index (χ2v) is 4.85. The molecule has 1 amide bonds. The van der Waals surface area contributed by atoms with Gasteiger partial charge < -0.3 is 20.5 Å². The lowest BCUT2D eigenvalue weighted by Crippen LogP contribution is -2.46. The highest BCUT2D eigenvalue weighted by molar-refractivity contribution is 5.79. The zero-order valence-electron chi connectivity index (χ0n) is 11.1. The summed E-state index contributed by atoms with van der Waals surface area (Å²) in [6, 6.07) is 7.16. The van der Waals surface area contributed by atoms with E-state index < -0.39 is 12.1 Å². The van der Waals surface area contributed by atoms with E-state index in [4.69, 9.17) is 15.6 Å². The minimum atomic E-state index is -0.914. The Kier molecular flexibility index (Phi) is 4.57. The van der Waals surface area contributed by atoms with Crippen molar-refractivity contribution in [3.05, 3.63) is 29.8 Å². The van der Waals surface area contributed by atoms with Gasteiger partial charge >= 0.3 is 5.97 Å². The molecule has 2 rings (SSSR count). The molecule has 1 aromatic carbocycles. The molecule has 0 saturated carbocycles. The van der Waals surface area contributed by atoms with Gasteiger partial charge in [-0.25, -0.2) is 0 Å². The number of carbonyl (C=O) groups is 2. The number of hydrogen-bond donors (Lipinski definition) is 2. The first-order valence-corrected chi connectivity index (χ1v) is 6.50. The SMILES string of the molecule is Nc1ccc(CC(=O)N2CCOC(CC(=O)O)C2)cc1. The number of anilines is 1. The second kappa shape index (κ2) is 6.38. The summed E-state index contributed by atoms with van der Waals surface area (Å²) in [6.45, 7) is 1.22. The maximum absolute atomic E-state index is 12.2. The molecule has 1 aliphatic heterocycles. The summed E-state index contributed by atoms with van der Waals surface area (Å²) >= 11 is 0. The lowest BCUT2D eigenvalue weighted by molar-refractivity contribution is -0.147. The summed E-state index contributed by atoms with van der Waals surface area (Å²) < 4.78 is 5.34. The molecule has 108 valence electrons.